The number of halogens is 3. The standard InChI is InChI=1S/C24H30F3NO4/c1-21(2,29)12-13-31-20-7-5-6-18(14-20)23(30,22(3)15-28(4)16-22)17-8-10-19(11-9-17)32-24(25,26)27/h5-11,14,29-30H,12-13,15-16H2,1-4H3. The maximum atomic E-state index is 12.6. The van der Waals surface area contributed by atoms with Gasteiger partial charge in [0.05, 0.1) is 12.2 Å². The third-order valence-corrected chi connectivity index (χ3v) is 5.85. The lowest BCUT2D eigenvalue weighted by molar-refractivity contribution is -0.274. The first kappa shape index (κ1) is 24.4. The topological polar surface area (TPSA) is 62.2 Å². The molecule has 2 aromatic carbocycles. The van der Waals surface area contributed by atoms with E-state index in [-0.39, 0.29) is 5.75 Å². The van der Waals surface area contributed by atoms with Gasteiger partial charge in [-0.3, -0.25) is 0 Å². The molecule has 1 heterocycles. The van der Waals surface area contributed by atoms with E-state index < -0.39 is 23.0 Å². The molecule has 5 nitrogen and oxygen atoms in total. The maximum Gasteiger partial charge on any atom is 0.573 e. The summed E-state index contributed by atoms with van der Waals surface area (Å²) in [6, 6.07) is 12.4. The second-order valence-corrected chi connectivity index (χ2v) is 9.45. The fourth-order valence-corrected chi connectivity index (χ4v) is 4.36. The Morgan fingerprint density at radius 3 is 2.12 bits per heavy atom. The zero-order valence-corrected chi connectivity index (χ0v) is 18.7. The zero-order chi connectivity index (χ0) is 23.8. The van der Waals surface area contributed by atoms with Gasteiger partial charge in [0.25, 0.3) is 0 Å². The number of hydrogen-bond acceptors (Lipinski definition) is 5. The van der Waals surface area contributed by atoms with Crippen LogP contribution in [0.15, 0.2) is 48.5 Å². The summed E-state index contributed by atoms with van der Waals surface area (Å²) < 4.78 is 47.4. The summed E-state index contributed by atoms with van der Waals surface area (Å²) in [6.07, 6.45) is -4.35. The summed E-state index contributed by atoms with van der Waals surface area (Å²) in [6.45, 7) is 6.86. The summed E-state index contributed by atoms with van der Waals surface area (Å²) in [7, 11) is 1.94. The van der Waals surface area contributed by atoms with E-state index in [0.29, 0.717) is 43.0 Å². The van der Waals surface area contributed by atoms with Crippen molar-refractivity contribution in [1.29, 1.82) is 0 Å². The normalized spacial score (nSPS) is 18.5. The molecule has 0 amide bonds. The molecule has 2 aromatic rings. The predicted octanol–water partition coefficient (Wildman–Crippen LogP) is 4.31. The molecule has 0 saturated carbocycles. The van der Waals surface area contributed by atoms with Crippen molar-refractivity contribution in [2.24, 2.45) is 5.41 Å². The minimum absolute atomic E-state index is 0.300. The minimum Gasteiger partial charge on any atom is -0.493 e. The molecule has 176 valence electrons. The average molecular weight is 454 g/mol. The van der Waals surface area contributed by atoms with Gasteiger partial charge in [0.1, 0.15) is 17.1 Å². The van der Waals surface area contributed by atoms with Crippen molar-refractivity contribution in [1.82, 2.24) is 4.90 Å². The molecule has 1 unspecified atom stereocenters. The van der Waals surface area contributed by atoms with Gasteiger partial charge >= 0.3 is 6.36 Å². The second kappa shape index (κ2) is 8.57. The van der Waals surface area contributed by atoms with Crippen molar-refractivity contribution >= 4 is 0 Å². The number of ether oxygens (including phenoxy) is 2. The highest BCUT2D eigenvalue weighted by Crippen LogP contribution is 2.50. The molecule has 1 saturated heterocycles. The summed E-state index contributed by atoms with van der Waals surface area (Å²) in [5.74, 6) is 0.196. The van der Waals surface area contributed by atoms with E-state index >= 15 is 0 Å². The van der Waals surface area contributed by atoms with E-state index in [4.69, 9.17) is 4.74 Å². The maximum absolute atomic E-state index is 12.6. The van der Waals surface area contributed by atoms with Gasteiger partial charge in [0.15, 0.2) is 0 Å². The van der Waals surface area contributed by atoms with Gasteiger partial charge in [-0.25, -0.2) is 0 Å². The van der Waals surface area contributed by atoms with Crippen LogP contribution in [0.1, 0.15) is 38.3 Å². The van der Waals surface area contributed by atoms with Crippen molar-refractivity contribution in [2.45, 2.75) is 44.8 Å². The van der Waals surface area contributed by atoms with Gasteiger partial charge < -0.3 is 24.6 Å². The molecule has 0 radical (unpaired) electrons. The van der Waals surface area contributed by atoms with E-state index in [1.807, 2.05) is 14.0 Å². The van der Waals surface area contributed by atoms with Crippen LogP contribution in [0.2, 0.25) is 0 Å². The Labute approximate surface area is 186 Å². The Balaban J connectivity index is 1.94. The van der Waals surface area contributed by atoms with Crippen molar-refractivity contribution in [3.8, 4) is 11.5 Å². The lowest BCUT2D eigenvalue weighted by atomic mass is 9.62. The average Bonchev–Trinajstić information content (AvgIpc) is 2.65. The quantitative estimate of drug-likeness (QED) is 0.624. The van der Waals surface area contributed by atoms with Gasteiger partial charge in [-0.2, -0.15) is 0 Å². The van der Waals surface area contributed by atoms with Gasteiger partial charge in [-0.05, 0) is 56.3 Å². The molecular weight excluding hydrogens is 423 g/mol. The predicted molar refractivity (Wildman–Crippen MR) is 115 cm³/mol. The van der Waals surface area contributed by atoms with Crippen LogP contribution < -0.4 is 9.47 Å². The first-order chi connectivity index (χ1) is 14.7. The Bertz CT molecular complexity index is 918. The van der Waals surface area contributed by atoms with Gasteiger partial charge in [-0.15, -0.1) is 13.2 Å². The summed E-state index contributed by atoms with van der Waals surface area (Å²) in [5, 5.41) is 22.0. The van der Waals surface area contributed by atoms with Crippen LogP contribution in [0.4, 0.5) is 13.2 Å². The number of nitrogens with zero attached hydrogens (tertiary/aromatic N) is 1. The van der Waals surface area contributed by atoms with Gasteiger partial charge in [0.2, 0.25) is 0 Å². The first-order valence-corrected chi connectivity index (χ1v) is 10.4. The molecule has 1 aliphatic rings. The number of likely N-dealkylation sites (tertiary alicyclic amines) is 1. The highest BCUT2D eigenvalue weighted by Gasteiger charge is 2.55. The molecule has 32 heavy (non-hydrogen) atoms. The Kier molecular flexibility index (Phi) is 6.52. The van der Waals surface area contributed by atoms with E-state index in [1.54, 1.807) is 38.1 Å². The molecule has 8 heteroatoms. The van der Waals surface area contributed by atoms with Crippen molar-refractivity contribution in [3.63, 3.8) is 0 Å². The van der Waals surface area contributed by atoms with Gasteiger partial charge in [-0.1, -0.05) is 31.2 Å². The van der Waals surface area contributed by atoms with Crippen LogP contribution in [0.3, 0.4) is 0 Å². The minimum atomic E-state index is -4.78. The van der Waals surface area contributed by atoms with Gasteiger partial charge in [0, 0.05) is 24.9 Å². The Morgan fingerprint density at radius 1 is 0.969 bits per heavy atom. The van der Waals surface area contributed by atoms with Crippen LogP contribution in [-0.4, -0.2) is 53.8 Å². The summed E-state index contributed by atoms with van der Waals surface area (Å²) >= 11 is 0. The highest BCUT2D eigenvalue weighted by molar-refractivity contribution is 5.44. The van der Waals surface area contributed by atoms with E-state index in [2.05, 4.69) is 9.64 Å². The molecule has 1 aliphatic heterocycles. The number of aliphatic hydroxyl groups is 2. The van der Waals surface area contributed by atoms with Crippen LogP contribution >= 0.6 is 0 Å². The second-order valence-electron chi connectivity index (χ2n) is 9.45. The molecule has 1 atom stereocenters. The molecule has 2 N–H and O–H groups in total. The lowest BCUT2D eigenvalue weighted by Crippen LogP contribution is -2.63. The molecule has 0 bridgehead atoms. The number of benzene rings is 2. The molecule has 1 fully saturated rings. The van der Waals surface area contributed by atoms with Crippen LogP contribution in [0.5, 0.6) is 11.5 Å². The van der Waals surface area contributed by atoms with E-state index in [0.717, 1.165) is 0 Å². The van der Waals surface area contributed by atoms with E-state index in [9.17, 15) is 23.4 Å². The monoisotopic (exact) mass is 453 g/mol. The van der Waals surface area contributed by atoms with Crippen molar-refractivity contribution < 1.29 is 32.9 Å². The van der Waals surface area contributed by atoms with Crippen LogP contribution in [0.25, 0.3) is 0 Å². The number of alkyl halides is 3. The fourth-order valence-electron chi connectivity index (χ4n) is 4.36. The van der Waals surface area contributed by atoms with Crippen LogP contribution in [-0.2, 0) is 5.60 Å². The first-order valence-electron chi connectivity index (χ1n) is 10.4. The molecular formula is C24H30F3NO4. The third kappa shape index (κ3) is 5.36. The van der Waals surface area contributed by atoms with Crippen LogP contribution in [0, 0.1) is 5.41 Å². The summed E-state index contributed by atoms with van der Waals surface area (Å²) in [4.78, 5) is 2.07. The molecule has 0 aliphatic carbocycles. The summed E-state index contributed by atoms with van der Waals surface area (Å²) in [5.41, 5.74) is -1.84. The van der Waals surface area contributed by atoms with Crippen molar-refractivity contribution in [2.75, 3.05) is 26.7 Å². The largest absolute Gasteiger partial charge is 0.573 e. The Morgan fingerprint density at radius 2 is 1.59 bits per heavy atom. The molecule has 0 aromatic heterocycles. The third-order valence-electron chi connectivity index (χ3n) is 5.85. The smallest absolute Gasteiger partial charge is 0.493 e. The zero-order valence-electron chi connectivity index (χ0n) is 18.7. The lowest BCUT2D eigenvalue weighted by Gasteiger charge is -2.56. The molecule has 3 rings (SSSR count). The highest BCUT2D eigenvalue weighted by atomic mass is 19.4. The fraction of sp³-hybridized carbons (Fsp3) is 0.500. The number of rotatable bonds is 8. The molecule has 0 spiro atoms. The number of hydrogen-bond donors (Lipinski definition) is 2. The van der Waals surface area contributed by atoms with E-state index in [1.165, 1.54) is 24.3 Å². The Hall–Kier alpha value is -2.29. The SMILES string of the molecule is CN1CC(C)(C(O)(c2ccc(OC(F)(F)F)cc2)c2cccc(OCCC(C)(C)O)c2)C1. The van der Waals surface area contributed by atoms with Crippen molar-refractivity contribution in [3.05, 3.63) is 59.7 Å².